The van der Waals surface area contributed by atoms with Gasteiger partial charge in [0.05, 0.1) is 0 Å². The third kappa shape index (κ3) is 1.50. The molecule has 8 bridgehead atoms. The number of hydrogen-bond donors (Lipinski definition) is 1. The molecule has 0 saturated heterocycles. The van der Waals surface area contributed by atoms with Gasteiger partial charge in [0.1, 0.15) is 0 Å². The predicted molar refractivity (Wildman–Crippen MR) is 87.1 cm³/mol. The summed E-state index contributed by atoms with van der Waals surface area (Å²) in [4.78, 5) is 12.4. The second-order valence-corrected chi connectivity index (χ2v) is 9.28. The first-order chi connectivity index (χ1) is 10.7. The monoisotopic (exact) mass is 301 g/mol. The van der Waals surface area contributed by atoms with Gasteiger partial charge in [0.15, 0.2) is 0 Å². The molecule has 22 heavy (non-hydrogen) atoms. The molecule has 7 aliphatic carbocycles. The molecule has 7 aliphatic rings. The number of hydrogen-bond acceptors (Lipinski definition) is 1. The number of nitrogens with one attached hydrogen (secondary N) is 1. The fourth-order valence-corrected chi connectivity index (χ4v) is 8.53. The summed E-state index contributed by atoms with van der Waals surface area (Å²) < 4.78 is 0. The van der Waals surface area contributed by atoms with Crippen LogP contribution in [-0.2, 0) is 4.79 Å². The smallest absolute Gasteiger partial charge is 0.220 e. The summed E-state index contributed by atoms with van der Waals surface area (Å²) in [7, 11) is 0. The van der Waals surface area contributed by atoms with Crippen LogP contribution in [0.15, 0.2) is 0 Å². The quantitative estimate of drug-likeness (QED) is 0.835. The van der Waals surface area contributed by atoms with Gasteiger partial charge in [0.25, 0.3) is 0 Å². The maximum atomic E-state index is 12.4. The number of carbonyl (C=O) groups is 1. The van der Waals surface area contributed by atoms with Gasteiger partial charge in [0.2, 0.25) is 5.91 Å². The average Bonchev–Trinajstić information content (AvgIpc) is 2.52. The van der Waals surface area contributed by atoms with Crippen molar-refractivity contribution in [2.24, 2.45) is 47.3 Å². The average molecular weight is 301 g/mol. The minimum atomic E-state index is 0.178. The first-order valence-corrected chi connectivity index (χ1v) is 9.99. The highest BCUT2D eigenvalue weighted by atomic mass is 16.1. The Morgan fingerprint density at radius 3 is 2.14 bits per heavy atom. The molecule has 5 unspecified atom stereocenters. The second-order valence-electron chi connectivity index (χ2n) is 9.28. The van der Waals surface area contributed by atoms with Crippen LogP contribution in [0, 0.1) is 47.3 Å². The van der Waals surface area contributed by atoms with Gasteiger partial charge >= 0.3 is 0 Å². The molecular weight excluding hydrogens is 270 g/mol. The second kappa shape index (κ2) is 4.51. The molecule has 0 aliphatic heterocycles. The summed E-state index contributed by atoms with van der Waals surface area (Å²) >= 11 is 0. The van der Waals surface area contributed by atoms with E-state index in [1.807, 2.05) is 6.92 Å². The van der Waals surface area contributed by atoms with Crippen LogP contribution in [0.4, 0.5) is 0 Å². The van der Waals surface area contributed by atoms with Crippen LogP contribution in [0.3, 0.4) is 0 Å². The zero-order chi connectivity index (χ0) is 15.1. The zero-order valence-electron chi connectivity index (χ0n) is 14.2. The molecule has 2 heteroatoms. The van der Waals surface area contributed by atoms with Gasteiger partial charge in [0, 0.05) is 12.0 Å². The molecule has 7 rings (SSSR count). The molecule has 2 nitrogen and oxygen atoms in total. The van der Waals surface area contributed by atoms with Crippen LogP contribution in [-0.4, -0.2) is 11.4 Å². The molecule has 7 saturated carbocycles. The van der Waals surface area contributed by atoms with Crippen LogP contribution < -0.4 is 5.32 Å². The van der Waals surface area contributed by atoms with Crippen LogP contribution in [0.2, 0.25) is 0 Å². The number of rotatable bonds is 4. The van der Waals surface area contributed by atoms with Gasteiger partial charge in [-0.05, 0) is 85.9 Å². The fraction of sp³-hybridized carbons (Fsp3) is 0.950. The maximum absolute atomic E-state index is 12.4. The Balaban J connectivity index is 1.57. The van der Waals surface area contributed by atoms with E-state index in [1.165, 1.54) is 38.5 Å². The Morgan fingerprint density at radius 1 is 0.955 bits per heavy atom. The van der Waals surface area contributed by atoms with Crippen molar-refractivity contribution in [2.75, 3.05) is 0 Å². The molecule has 1 N–H and O–H groups in total. The molecule has 0 aromatic rings. The summed E-state index contributed by atoms with van der Waals surface area (Å²) in [5, 5.41) is 3.65. The predicted octanol–water partition coefficient (Wildman–Crippen LogP) is 4.00. The van der Waals surface area contributed by atoms with Gasteiger partial charge in [-0.3, -0.25) is 4.79 Å². The topological polar surface area (TPSA) is 29.1 Å². The van der Waals surface area contributed by atoms with Crippen molar-refractivity contribution in [1.82, 2.24) is 5.32 Å². The number of carbonyl (C=O) groups excluding carboxylic acids is 1. The standard InChI is InChI=1S/C20H31NO/c1-3-5-20(21-18(22)4-2)12-9-14-13-6-11-7-16(14)19(20)17(8-11)15(13)10-12/h11-17,19H,3-10H2,1-2H3,(H,21,22). The van der Waals surface area contributed by atoms with Crippen LogP contribution in [0.25, 0.3) is 0 Å². The summed E-state index contributed by atoms with van der Waals surface area (Å²) in [5.74, 6) is 8.04. The minimum absolute atomic E-state index is 0.178. The molecule has 1 amide bonds. The van der Waals surface area contributed by atoms with Crippen LogP contribution in [0.5, 0.6) is 0 Å². The summed E-state index contributed by atoms with van der Waals surface area (Å²) in [6.45, 7) is 4.33. The third-order valence-corrected chi connectivity index (χ3v) is 8.73. The largest absolute Gasteiger partial charge is 0.350 e. The van der Waals surface area contributed by atoms with E-state index in [-0.39, 0.29) is 5.54 Å². The highest BCUT2D eigenvalue weighted by Gasteiger charge is 2.71. The lowest BCUT2D eigenvalue weighted by molar-refractivity contribution is -0.245. The van der Waals surface area contributed by atoms with E-state index in [4.69, 9.17) is 0 Å². The molecule has 0 heterocycles. The number of amides is 1. The van der Waals surface area contributed by atoms with Crippen LogP contribution >= 0.6 is 0 Å². The van der Waals surface area contributed by atoms with E-state index in [2.05, 4.69) is 12.2 Å². The summed E-state index contributed by atoms with van der Waals surface area (Å²) in [6.07, 6.45) is 10.5. The van der Waals surface area contributed by atoms with Crippen molar-refractivity contribution in [1.29, 1.82) is 0 Å². The van der Waals surface area contributed by atoms with E-state index in [9.17, 15) is 4.79 Å². The molecule has 7 fully saturated rings. The normalized spacial score (nSPS) is 56.6. The van der Waals surface area contributed by atoms with E-state index in [0.29, 0.717) is 12.3 Å². The lowest BCUT2D eigenvalue weighted by Crippen LogP contribution is -2.76. The van der Waals surface area contributed by atoms with E-state index < -0.39 is 0 Å². The van der Waals surface area contributed by atoms with Crippen molar-refractivity contribution < 1.29 is 4.79 Å². The van der Waals surface area contributed by atoms with Gasteiger partial charge in [-0.15, -0.1) is 0 Å². The van der Waals surface area contributed by atoms with Crippen LogP contribution in [0.1, 0.15) is 65.2 Å². The Morgan fingerprint density at radius 2 is 1.55 bits per heavy atom. The molecular formula is C20H31NO. The van der Waals surface area contributed by atoms with Crippen molar-refractivity contribution in [3.8, 4) is 0 Å². The zero-order valence-corrected chi connectivity index (χ0v) is 14.2. The molecule has 122 valence electrons. The van der Waals surface area contributed by atoms with E-state index in [1.54, 1.807) is 6.42 Å². The van der Waals surface area contributed by atoms with E-state index in [0.717, 1.165) is 47.3 Å². The highest BCUT2D eigenvalue weighted by molar-refractivity contribution is 5.76. The first-order valence-electron chi connectivity index (χ1n) is 9.99. The van der Waals surface area contributed by atoms with Crippen molar-refractivity contribution in [3.05, 3.63) is 0 Å². The summed E-state index contributed by atoms with van der Waals surface area (Å²) in [5.41, 5.74) is 0.178. The lowest BCUT2D eigenvalue weighted by atomic mass is 9.31. The molecule has 0 aromatic carbocycles. The Bertz CT molecular complexity index is 478. The third-order valence-electron chi connectivity index (χ3n) is 8.73. The van der Waals surface area contributed by atoms with Crippen molar-refractivity contribution in [2.45, 2.75) is 70.8 Å². The highest BCUT2D eigenvalue weighted by Crippen LogP contribution is 2.74. The van der Waals surface area contributed by atoms with Gasteiger partial charge < -0.3 is 5.32 Å². The molecule has 5 atom stereocenters. The lowest BCUT2D eigenvalue weighted by Gasteiger charge is -2.75. The minimum Gasteiger partial charge on any atom is -0.350 e. The molecule has 0 radical (unpaired) electrons. The molecule has 0 spiro atoms. The van der Waals surface area contributed by atoms with Gasteiger partial charge in [-0.2, -0.15) is 0 Å². The Labute approximate surface area is 134 Å². The Kier molecular flexibility index (Phi) is 2.84. The van der Waals surface area contributed by atoms with Crippen molar-refractivity contribution >= 4 is 5.91 Å². The SMILES string of the molecule is CCCC1(NC(=O)CC)C2CC3C4CC5CC3C1C(C5)C4C2. The van der Waals surface area contributed by atoms with Crippen molar-refractivity contribution in [3.63, 3.8) is 0 Å². The Hall–Kier alpha value is -0.530. The first kappa shape index (κ1) is 13.9. The molecule has 0 aromatic heterocycles. The summed E-state index contributed by atoms with van der Waals surface area (Å²) in [6, 6.07) is 0. The fourth-order valence-electron chi connectivity index (χ4n) is 8.53. The van der Waals surface area contributed by atoms with Gasteiger partial charge in [-0.25, -0.2) is 0 Å². The van der Waals surface area contributed by atoms with E-state index >= 15 is 0 Å². The van der Waals surface area contributed by atoms with Gasteiger partial charge in [-0.1, -0.05) is 20.3 Å². The maximum Gasteiger partial charge on any atom is 0.220 e.